The summed E-state index contributed by atoms with van der Waals surface area (Å²) in [5, 5.41) is 5.86. The summed E-state index contributed by atoms with van der Waals surface area (Å²) in [6.45, 7) is 0. The molecule has 1 fully saturated rings. The summed E-state index contributed by atoms with van der Waals surface area (Å²) in [6.07, 6.45) is 3.14. The van der Waals surface area contributed by atoms with Crippen LogP contribution in [0, 0.1) is 0 Å². The van der Waals surface area contributed by atoms with Crippen LogP contribution in [0.2, 0.25) is 0 Å². The Bertz CT molecular complexity index is 437. The quantitative estimate of drug-likeness (QED) is 0.848. The van der Waals surface area contributed by atoms with E-state index < -0.39 is 10.8 Å². The topological polar surface area (TPSA) is 71.1 Å². The van der Waals surface area contributed by atoms with Crippen LogP contribution >= 0.6 is 0 Å². The SMILES string of the molecule is CNc1ccc(C(=O)NC2CCS(=O)CC2)cn1. The fourth-order valence-corrected chi connectivity index (χ4v) is 3.18. The molecule has 0 aromatic carbocycles. The molecular weight excluding hydrogens is 250 g/mol. The number of hydrogen-bond donors (Lipinski definition) is 2. The van der Waals surface area contributed by atoms with Gasteiger partial charge in [0.1, 0.15) is 5.82 Å². The summed E-state index contributed by atoms with van der Waals surface area (Å²) in [6, 6.07) is 3.65. The minimum absolute atomic E-state index is 0.108. The van der Waals surface area contributed by atoms with Gasteiger partial charge in [-0.3, -0.25) is 9.00 Å². The molecular formula is C12H17N3O2S. The molecule has 0 spiro atoms. The molecule has 18 heavy (non-hydrogen) atoms. The first-order valence-electron chi connectivity index (χ1n) is 5.98. The maximum absolute atomic E-state index is 11.9. The van der Waals surface area contributed by atoms with E-state index in [2.05, 4.69) is 15.6 Å². The number of rotatable bonds is 3. The standard InChI is InChI=1S/C12H17N3O2S/c1-13-11-3-2-9(8-14-11)12(16)15-10-4-6-18(17)7-5-10/h2-3,8,10H,4-7H2,1H3,(H,13,14)(H,15,16). The Morgan fingerprint density at radius 3 is 2.67 bits per heavy atom. The van der Waals surface area contributed by atoms with Gasteiger partial charge in [-0.05, 0) is 25.0 Å². The maximum atomic E-state index is 11.9. The Hall–Kier alpha value is -1.43. The van der Waals surface area contributed by atoms with Crippen LogP contribution in [-0.4, -0.2) is 39.7 Å². The zero-order valence-electron chi connectivity index (χ0n) is 10.3. The molecule has 1 amide bonds. The normalized spacial score (nSPS) is 23.4. The molecule has 5 nitrogen and oxygen atoms in total. The van der Waals surface area contributed by atoms with Crippen LogP contribution in [0.3, 0.4) is 0 Å². The zero-order chi connectivity index (χ0) is 13.0. The van der Waals surface area contributed by atoms with Crippen LogP contribution < -0.4 is 10.6 Å². The summed E-state index contributed by atoms with van der Waals surface area (Å²) in [5.74, 6) is 1.99. The molecule has 0 radical (unpaired) electrons. The van der Waals surface area contributed by atoms with Crippen molar-refractivity contribution in [3.63, 3.8) is 0 Å². The van der Waals surface area contributed by atoms with Crippen LogP contribution in [0.4, 0.5) is 5.82 Å². The van der Waals surface area contributed by atoms with Crippen molar-refractivity contribution in [2.24, 2.45) is 0 Å². The Kier molecular flexibility index (Phi) is 4.30. The molecule has 6 heteroatoms. The first-order valence-corrected chi connectivity index (χ1v) is 7.47. The van der Waals surface area contributed by atoms with Crippen molar-refractivity contribution in [2.75, 3.05) is 23.9 Å². The predicted octanol–water partition coefficient (Wildman–Crippen LogP) is 0.764. The number of pyridine rings is 1. The summed E-state index contributed by atoms with van der Waals surface area (Å²) in [4.78, 5) is 16.0. The van der Waals surface area contributed by atoms with E-state index in [0.717, 1.165) is 18.7 Å². The molecule has 1 saturated heterocycles. The number of hydrogen-bond acceptors (Lipinski definition) is 4. The Balaban J connectivity index is 1.92. The largest absolute Gasteiger partial charge is 0.373 e. The van der Waals surface area contributed by atoms with Crippen LogP contribution in [0.25, 0.3) is 0 Å². The van der Waals surface area contributed by atoms with E-state index >= 15 is 0 Å². The molecule has 0 unspecified atom stereocenters. The van der Waals surface area contributed by atoms with Gasteiger partial charge in [0.15, 0.2) is 0 Å². The van der Waals surface area contributed by atoms with Crippen LogP contribution in [-0.2, 0) is 10.8 Å². The number of nitrogens with zero attached hydrogens (tertiary/aromatic N) is 1. The first-order chi connectivity index (χ1) is 8.69. The van der Waals surface area contributed by atoms with Gasteiger partial charge in [0.05, 0.1) is 5.56 Å². The van der Waals surface area contributed by atoms with E-state index in [4.69, 9.17) is 0 Å². The molecule has 0 atom stereocenters. The number of nitrogens with one attached hydrogen (secondary N) is 2. The lowest BCUT2D eigenvalue weighted by atomic mass is 10.1. The van der Waals surface area contributed by atoms with E-state index in [0.29, 0.717) is 17.1 Å². The third-order valence-corrected chi connectivity index (χ3v) is 4.39. The molecule has 0 saturated carbocycles. The maximum Gasteiger partial charge on any atom is 0.253 e. The second kappa shape index (κ2) is 5.95. The molecule has 2 N–H and O–H groups in total. The van der Waals surface area contributed by atoms with E-state index in [-0.39, 0.29) is 11.9 Å². The zero-order valence-corrected chi connectivity index (χ0v) is 11.1. The summed E-state index contributed by atoms with van der Waals surface area (Å²) in [5.41, 5.74) is 0.556. The highest BCUT2D eigenvalue weighted by Gasteiger charge is 2.20. The van der Waals surface area contributed by atoms with Crippen LogP contribution in [0.5, 0.6) is 0 Å². The lowest BCUT2D eigenvalue weighted by Crippen LogP contribution is -2.39. The monoisotopic (exact) mass is 267 g/mol. The smallest absolute Gasteiger partial charge is 0.253 e. The third kappa shape index (κ3) is 3.29. The molecule has 0 aliphatic carbocycles. The Labute approximate surface area is 109 Å². The highest BCUT2D eigenvalue weighted by molar-refractivity contribution is 7.85. The van der Waals surface area contributed by atoms with Crippen molar-refractivity contribution < 1.29 is 9.00 Å². The Morgan fingerprint density at radius 2 is 2.11 bits per heavy atom. The van der Waals surface area contributed by atoms with Gasteiger partial charge in [0.2, 0.25) is 0 Å². The molecule has 2 heterocycles. The lowest BCUT2D eigenvalue weighted by Gasteiger charge is -2.22. The summed E-state index contributed by atoms with van der Waals surface area (Å²) >= 11 is 0. The minimum atomic E-state index is -0.696. The van der Waals surface area contributed by atoms with Gasteiger partial charge in [-0.25, -0.2) is 4.98 Å². The van der Waals surface area contributed by atoms with E-state index in [1.54, 1.807) is 25.4 Å². The van der Waals surface area contributed by atoms with Crippen LogP contribution in [0.1, 0.15) is 23.2 Å². The Morgan fingerprint density at radius 1 is 1.39 bits per heavy atom. The second-order valence-corrected chi connectivity index (χ2v) is 5.97. The van der Waals surface area contributed by atoms with Gasteiger partial charge in [0.25, 0.3) is 5.91 Å². The van der Waals surface area contributed by atoms with Crippen molar-refractivity contribution >= 4 is 22.5 Å². The number of aromatic nitrogens is 1. The molecule has 2 rings (SSSR count). The van der Waals surface area contributed by atoms with Crippen molar-refractivity contribution in [2.45, 2.75) is 18.9 Å². The lowest BCUT2D eigenvalue weighted by molar-refractivity contribution is 0.0934. The molecule has 1 aromatic heterocycles. The van der Waals surface area contributed by atoms with E-state index in [1.807, 2.05) is 0 Å². The molecule has 1 aliphatic heterocycles. The van der Waals surface area contributed by atoms with Crippen molar-refractivity contribution in [1.29, 1.82) is 0 Å². The van der Waals surface area contributed by atoms with E-state index in [1.165, 1.54) is 0 Å². The van der Waals surface area contributed by atoms with Gasteiger partial charge in [-0.15, -0.1) is 0 Å². The van der Waals surface area contributed by atoms with E-state index in [9.17, 15) is 9.00 Å². The predicted molar refractivity (Wildman–Crippen MR) is 72.1 cm³/mol. The summed E-state index contributed by atoms with van der Waals surface area (Å²) in [7, 11) is 1.09. The number of carbonyl (C=O) groups excluding carboxylic acids is 1. The van der Waals surface area contributed by atoms with Gasteiger partial charge in [-0.2, -0.15) is 0 Å². The second-order valence-electron chi connectivity index (χ2n) is 4.28. The van der Waals surface area contributed by atoms with Gasteiger partial charge in [0, 0.05) is 41.6 Å². The summed E-state index contributed by atoms with van der Waals surface area (Å²) < 4.78 is 11.2. The van der Waals surface area contributed by atoms with Crippen molar-refractivity contribution in [1.82, 2.24) is 10.3 Å². The molecule has 98 valence electrons. The first kappa shape index (κ1) is 13.0. The fraction of sp³-hybridized carbons (Fsp3) is 0.500. The van der Waals surface area contributed by atoms with Gasteiger partial charge >= 0.3 is 0 Å². The number of amides is 1. The molecule has 0 bridgehead atoms. The average Bonchev–Trinajstić information content (AvgIpc) is 2.41. The highest BCUT2D eigenvalue weighted by atomic mass is 32.2. The van der Waals surface area contributed by atoms with Gasteiger partial charge in [-0.1, -0.05) is 0 Å². The fourth-order valence-electron chi connectivity index (χ4n) is 1.88. The van der Waals surface area contributed by atoms with Crippen molar-refractivity contribution in [3.05, 3.63) is 23.9 Å². The van der Waals surface area contributed by atoms with Crippen LogP contribution in [0.15, 0.2) is 18.3 Å². The minimum Gasteiger partial charge on any atom is -0.373 e. The number of carbonyl (C=O) groups is 1. The molecule has 1 aromatic rings. The van der Waals surface area contributed by atoms with Crippen molar-refractivity contribution in [3.8, 4) is 0 Å². The average molecular weight is 267 g/mol. The number of anilines is 1. The third-order valence-electron chi connectivity index (χ3n) is 3.00. The highest BCUT2D eigenvalue weighted by Crippen LogP contribution is 2.10. The molecule has 1 aliphatic rings. The van der Waals surface area contributed by atoms with Gasteiger partial charge < -0.3 is 10.6 Å².